The van der Waals surface area contributed by atoms with E-state index in [1.165, 1.54) is 10.4 Å². The summed E-state index contributed by atoms with van der Waals surface area (Å²) in [6.45, 7) is 6.91. The summed E-state index contributed by atoms with van der Waals surface area (Å²) in [6, 6.07) is 2.38. The molecule has 1 atom stereocenters. The standard InChI is InChI=1S/C12H21N3OS/c1-8(2)15(7-11(14)16)10(6-13)12-9(3)4-5-17-12/h4-5,8,10H,6-7,13H2,1-3H3,(H2,14,16). The maximum atomic E-state index is 11.1. The Morgan fingerprint density at radius 3 is 2.53 bits per heavy atom. The van der Waals surface area contributed by atoms with Gasteiger partial charge >= 0.3 is 0 Å². The van der Waals surface area contributed by atoms with Crippen molar-refractivity contribution in [3.63, 3.8) is 0 Å². The zero-order valence-corrected chi connectivity index (χ0v) is 11.5. The molecule has 4 N–H and O–H groups in total. The van der Waals surface area contributed by atoms with Gasteiger partial charge in [0.1, 0.15) is 0 Å². The first-order valence-electron chi connectivity index (χ1n) is 5.75. The van der Waals surface area contributed by atoms with Gasteiger partial charge in [0.2, 0.25) is 5.91 Å². The molecule has 0 aliphatic carbocycles. The predicted molar refractivity (Wildman–Crippen MR) is 71.9 cm³/mol. The molecular formula is C12H21N3OS. The summed E-state index contributed by atoms with van der Waals surface area (Å²) in [5, 5.41) is 2.05. The second-order valence-corrected chi connectivity index (χ2v) is 5.40. The molecule has 0 bridgehead atoms. The molecule has 0 spiro atoms. The molecule has 1 rings (SSSR count). The number of aryl methyl sites for hydroxylation is 1. The van der Waals surface area contributed by atoms with Crippen molar-refractivity contribution in [3.8, 4) is 0 Å². The summed E-state index contributed by atoms with van der Waals surface area (Å²) < 4.78 is 0. The number of nitrogens with two attached hydrogens (primary N) is 2. The second kappa shape index (κ2) is 6.14. The van der Waals surface area contributed by atoms with E-state index in [1.807, 2.05) is 0 Å². The van der Waals surface area contributed by atoms with Crippen LogP contribution in [0.3, 0.4) is 0 Å². The number of carbonyl (C=O) groups excluding carboxylic acids is 1. The Labute approximate surface area is 107 Å². The van der Waals surface area contributed by atoms with Crippen molar-refractivity contribution in [1.82, 2.24) is 4.90 Å². The van der Waals surface area contributed by atoms with Gasteiger partial charge < -0.3 is 11.5 Å². The average Bonchev–Trinajstić information content (AvgIpc) is 2.64. The number of hydrogen-bond donors (Lipinski definition) is 2. The van der Waals surface area contributed by atoms with E-state index >= 15 is 0 Å². The van der Waals surface area contributed by atoms with Gasteiger partial charge in [-0.25, -0.2) is 0 Å². The Kier molecular flexibility index (Phi) is 5.11. The number of nitrogens with zero attached hydrogens (tertiary/aromatic N) is 1. The fourth-order valence-electron chi connectivity index (χ4n) is 1.95. The van der Waals surface area contributed by atoms with Crippen LogP contribution in [-0.4, -0.2) is 29.9 Å². The first kappa shape index (κ1) is 14.2. The Bertz CT molecular complexity index is 376. The first-order chi connectivity index (χ1) is 7.97. The molecule has 0 saturated heterocycles. The Morgan fingerprint density at radius 1 is 1.53 bits per heavy atom. The highest BCUT2D eigenvalue weighted by Crippen LogP contribution is 2.29. The van der Waals surface area contributed by atoms with Crippen LogP contribution in [0.25, 0.3) is 0 Å². The summed E-state index contributed by atoms with van der Waals surface area (Å²) in [5.74, 6) is -0.314. The van der Waals surface area contributed by atoms with Gasteiger partial charge in [-0.1, -0.05) is 0 Å². The van der Waals surface area contributed by atoms with E-state index in [1.54, 1.807) is 11.3 Å². The molecule has 1 unspecified atom stereocenters. The Morgan fingerprint density at radius 2 is 2.18 bits per heavy atom. The van der Waals surface area contributed by atoms with Crippen LogP contribution in [-0.2, 0) is 4.79 Å². The third kappa shape index (κ3) is 3.52. The third-order valence-corrected chi connectivity index (χ3v) is 3.95. The summed E-state index contributed by atoms with van der Waals surface area (Å²) in [5.41, 5.74) is 12.4. The molecule has 1 aromatic heterocycles. The van der Waals surface area contributed by atoms with Crippen LogP contribution >= 0.6 is 11.3 Å². The zero-order valence-electron chi connectivity index (χ0n) is 10.6. The lowest BCUT2D eigenvalue weighted by atomic mass is 10.1. The molecule has 17 heavy (non-hydrogen) atoms. The van der Waals surface area contributed by atoms with Crippen LogP contribution in [0.2, 0.25) is 0 Å². The Hall–Kier alpha value is -0.910. The lowest BCUT2D eigenvalue weighted by molar-refractivity contribution is -0.120. The fourth-order valence-corrected chi connectivity index (χ4v) is 3.01. The zero-order chi connectivity index (χ0) is 13.0. The number of rotatable bonds is 6. The lowest BCUT2D eigenvalue weighted by Crippen LogP contribution is -2.43. The van der Waals surface area contributed by atoms with E-state index in [4.69, 9.17) is 11.5 Å². The number of primary amides is 1. The van der Waals surface area contributed by atoms with Gasteiger partial charge in [0.05, 0.1) is 12.6 Å². The smallest absolute Gasteiger partial charge is 0.231 e. The molecule has 0 aliphatic rings. The molecule has 1 heterocycles. The van der Waals surface area contributed by atoms with Gasteiger partial charge in [0.15, 0.2) is 0 Å². The van der Waals surface area contributed by atoms with E-state index in [0.717, 1.165) is 0 Å². The lowest BCUT2D eigenvalue weighted by Gasteiger charge is -2.33. The maximum Gasteiger partial charge on any atom is 0.231 e. The third-order valence-electron chi connectivity index (χ3n) is 2.83. The van der Waals surface area contributed by atoms with Crippen LogP contribution in [0.1, 0.15) is 30.3 Å². The van der Waals surface area contributed by atoms with E-state index in [0.29, 0.717) is 6.54 Å². The minimum Gasteiger partial charge on any atom is -0.369 e. The molecule has 0 saturated carbocycles. The van der Waals surface area contributed by atoms with Gasteiger partial charge in [-0.2, -0.15) is 0 Å². The van der Waals surface area contributed by atoms with Crippen LogP contribution in [0.15, 0.2) is 11.4 Å². The highest BCUT2D eigenvalue weighted by Gasteiger charge is 2.25. The van der Waals surface area contributed by atoms with Crippen molar-refractivity contribution < 1.29 is 4.79 Å². The van der Waals surface area contributed by atoms with E-state index in [9.17, 15) is 4.79 Å². The van der Waals surface area contributed by atoms with Gasteiger partial charge in [-0.3, -0.25) is 9.69 Å². The molecule has 1 amide bonds. The van der Waals surface area contributed by atoms with Gasteiger partial charge in [-0.05, 0) is 37.8 Å². The molecule has 0 radical (unpaired) electrons. The van der Waals surface area contributed by atoms with Crippen molar-refractivity contribution in [3.05, 3.63) is 21.9 Å². The van der Waals surface area contributed by atoms with E-state index in [-0.39, 0.29) is 24.5 Å². The number of hydrogen-bond acceptors (Lipinski definition) is 4. The van der Waals surface area contributed by atoms with Crippen molar-refractivity contribution >= 4 is 17.2 Å². The van der Waals surface area contributed by atoms with Crippen LogP contribution in [0, 0.1) is 6.92 Å². The minimum atomic E-state index is -0.314. The van der Waals surface area contributed by atoms with Crippen molar-refractivity contribution in [2.75, 3.05) is 13.1 Å². The topological polar surface area (TPSA) is 72.3 Å². The monoisotopic (exact) mass is 255 g/mol. The van der Waals surface area contributed by atoms with Crippen LogP contribution in [0.5, 0.6) is 0 Å². The summed E-state index contributed by atoms with van der Waals surface area (Å²) in [4.78, 5) is 14.4. The molecule has 0 aliphatic heterocycles. The molecule has 1 aromatic rings. The first-order valence-corrected chi connectivity index (χ1v) is 6.63. The molecule has 4 nitrogen and oxygen atoms in total. The van der Waals surface area contributed by atoms with Crippen molar-refractivity contribution in [2.45, 2.75) is 32.9 Å². The molecule has 0 aromatic carbocycles. The van der Waals surface area contributed by atoms with Gasteiger partial charge in [0.25, 0.3) is 0 Å². The molecular weight excluding hydrogens is 234 g/mol. The summed E-state index contributed by atoms with van der Waals surface area (Å²) in [7, 11) is 0. The highest BCUT2D eigenvalue weighted by molar-refractivity contribution is 7.10. The second-order valence-electron chi connectivity index (χ2n) is 4.45. The Balaban J connectivity index is 2.97. The van der Waals surface area contributed by atoms with E-state index in [2.05, 4.69) is 37.1 Å². The van der Waals surface area contributed by atoms with Crippen LogP contribution in [0.4, 0.5) is 0 Å². The number of thiophene rings is 1. The molecule has 96 valence electrons. The van der Waals surface area contributed by atoms with Crippen LogP contribution < -0.4 is 11.5 Å². The maximum absolute atomic E-state index is 11.1. The molecule has 0 fully saturated rings. The quantitative estimate of drug-likeness (QED) is 0.803. The average molecular weight is 255 g/mol. The van der Waals surface area contributed by atoms with E-state index < -0.39 is 0 Å². The number of amides is 1. The predicted octanol–water partition coefficient (Wildman–Crippen LogP) is 1.25. The fraction of sp³-hybridized carbons (Fsp3) is 0.583. The SMILES string of the molecule is Cc1ccsc1C(CN)N(CC(N)=O)C(C)C. The number of carbonyl (C=O) groups is 1. The van der Waals surface area contributed by atoms with Gasteiger partial charge in [0, 0.05) is 17.5 Å². The largest absolute Gasteiger partial charge is 0.369 e. The highest BCUT2D eigenvalue weighted by atomic mass is 32.1. The summed E-state index contributed by atoms with van der Waals surface area (Å²) in [6.07, 6.45) is 0. The minimum absolute atomic E-state index is 0.0718. The van der Waals surface area contributed by atoms with Crippen molar-refractivity contribution in [2.24, 2.45) is 11.5 Å². The normalized spacial score (nSPS) is 13.3. The van der Waals surface area contributed by atoms with Crippen molar-refractivity contribution in [1.29, 1.82) is 0 Å². The summed E-state index contributed by atoms with van der Waals surface area (Å²) >= 11 is 1.68. The molecule has 5 heteroatoms. The van der Waals surface area contributed by atoms with Gasteiger partial charge in [-0.15, -0.1) is 11.3 Å².